The summed E-state index contributed by atoms with van der Waals surface area (Å²) in [5, 5.41) is 6.65. The monoisotopic (exact) mass is 211 g/mol. The molecule has 0 bridgehead atoms. The quantitative estimate of drug-likeness (QED) is 0.793. The zero-order valence-electron chi connectivity index (χ0n) is 8.20. The van der Waals surface area contributed by atoms with Crippen molar-refractivity contribution < 1.29 is 4.79 Å². The number of carbonyl (C=O) groups excluding carboxylic acids is 1. The van der Waals surface area contributed by atoms with Crippen LogP contribution in [0.2, 0.25) is 0 Å². The molecule has 0 radical (unpaired) electrons. The van der Waals surface area contributed by atoms with Gasteiger partial charge in [0.25, 0.3) is 5.91 Å². The molecule has 5 heteroatoms. The fraction of sp³-hybridized carbons (Fsp3) is 0.556. The van der Waals surface area contributed by atoms with Crippen molar-refractivity contribution in [3.8, 4) is 0 Å². The molecule has 1 aliphatic carbocycles. The lowest BCUT2D eigenvalue weighted by molar-refractivity contribution is 0.0953. The van der Waals surface area contributed by atoms with E-state index in [0.29, 0.717) is 16.8 Å². The molecule has 0 saturated heterocycles. The van der Waals surface area contributed by atoms with Gasteiger partial charge in [-0.1, -0.05) is 18.3 Å². The van der Waals surface area contributed by atoms with Crippen LogP contribution in [0.1, 0.15) is 23.0 Å². The van der Waals surface area contributed by atoms with Gasteiger partial charge in [0.2, 0.25) is 0 Å². The minimum Gasteiger partial charge on any atom is -0.365 e. The fourth-order valence-corrected chi connectivity index (χ4v) is 1.93. The molecule has 1 aromatic rings. The van der Waals surface area contributed by atoms with Crippen molar-refractivity contribution in [3.63, 3.8) is 0 Å². The third-order valence-electron chi connectivity index (χ3n) is 2.37. The maximum atomic E-state index is 11.6. The highest BCUT2D eigenvalue weighted by atomic mass is 32.1. The molecule has 0 aliphatic heterocycles. The highest BCUT2D eigenvalue weighted by Crippen LogP contribution is 2.29. The first-order chi connectivity index (χ1) is 6.70. The zero-order chi connectivity index (χ0) is 10.1. The number of hydrogen-bond acceptors (Lipinski definition) is 4. The first-order valence-electron chi connectivity index (χ1n) is 4.65. The highest BCUT2D eigenvalue weighted by Gasteiger charge is 2.34. The van der Waals surface area contributed by atoms with E-state index in [1.54, 1.807) is 13.2 Å². The van der Waals surface area contributed by atoms with E-state index in [0.717, 1.165) is 11.6 Å². The molecule has 2 atom stereocenters. The van der Waals surface area contributed by atoms with Crippen LogP contribution in [0.5, 0.6) is 0 Å². The molecule has 4 nitrogen and oxygen atoms in total. The van der Waals surface area contributed by atoms with Gasteiger partial charge < -0.3 is 10.6 Å². The Hall–Kier alpha value is -1.10. The Kier molecular flexibility index (Phi) is 2.41. The van der Waals surface area contributed by atoms with Crippen LogP contribution < -0.4 is 10.6 Å². The van der Waals surface area contributed by atoms with Crippen LogP contribution in [0.3, 0.4) is 0 Å². The topological polar surface area (TPSA) is 54.0 Å². The molecule has 2 unspecified atom stereocenters. The summed E-state index contributed by atoms with van der Waals surface area (Å²) < 4.78 is 0. The third kappa shape index (κ3) is 1.87. The second kappa shape index (κ2) is 3.57. The molecule has 1 heterocycles. The average molecular weight is 211 g/mol. The van der Waals surface area contributed by atoms with Gasteiger partial charge in [0.1, 0.15) is 4.88 Å². The molecule has 1 aromatic heterocycles. The van der Waals surface area contributed by atoms with E-state index in [9.17, 15) is 4.79 Å². The predicted molar refractivity (Wildman–Crippen MR) is 56.7 cm³/mol. The maximum Gasteiger partial charge on any atom is 0.263 e. The Morgan fingerprint density at radius 1 is 1.71 bits per heavy atom. The summed E-state index contributed by atoms with van der Waals surface area (Å²) in [7, 11) is 1.80. The van der Waals surface area contributed by atoms with Crippen LogP contribution in [0.25, 0.3) is 0 Å². The second-order valence-corrected chi connectivity index (χ2v) is 4.60. The number of nitrogens with zero attached hydrogens (tertiary/aromatic N) is 1. The second-order valence-electron chi connectivity index (χ2n) is 3.57. The number of amides is 1. The molecule has 1 fully saturated rings. The van der Waals surface area contributed by atoms with Gasteiger partial charge in [0, 0.05) is 13.1 Å². The molecule has 1 amide bonds. The summed E-state index contributed by atoms with van der Waals surface area (Å²) in [5.41, 5.74) is 0. The van der Waals surface area contributed by atoms with E-state index in [4.69, 9.17) is 0 Å². The van der Waals surface area contributed by atoms with Crippen LogP contribution in [-0.2, 0) is 0 Å². The molecular weight excluding hydrogens is 198 g/mol. The van der Waals surface area contributed by atoms with E-state index in [2.05, 4.69) is 22.5 Å². The van der Waals surface area contributed by atoms with Crippen molar-refractivity contribution in [3.05, 3.63) is 11.1 Å². The Bertz CT molecular complexity index is 350. The van der Waals surface area contributed by atoms with Crippen molar-refractivity contribution in [2.75, 3.05) is 12.4 Å². The number of anilines is 1. The van der Waals surface area contributed by atoms with Gasteiger partial charge in [-0.2, -0.15) is 0 Å². The van der Waals surface area contributed by atoms with Crippen LogP contribution in [-0.4, -0.2) is 24.0 Å². The minimum atomic E-state index is -0.00153. The molecule has 14 heavy (non-hydrogen) atoms. The van der Waals surface area contributed by atoms with Crippen molar-refractivity contribution in [2.45, 2.75) is 19.4 Å². The minimum absolute atomic E-state index is 0.00153. The van der Waals surface area contributed by atoms with Crippen molar-refractivity contribution in [2.24, 2.45) is 5.92 Å². The van der Waals surface area contributed by atoms with E-state index in [1.165, 1.54) is 11.3 Å². The molecule has 1 saturated carbocycles. The first kappa shape index (κ1) is 9.45. The molecule has 1 aliphatic rings. The molecule has 0 aromatic carbocycles. The van der Waals surface area contributed by atoms with E-state index >= 15 is 0 Å². The summed E-state index contributed by atoms with van der Waals surface area (Å²) in [4.78, 5) is 16.3. The van der Waals surface area contributed by atoms with Crippen molar-refractivity contribution in [1.29, 1.82) is 0 Å². The van der Waals surface area contributed by atoms with E-state index < -0.39 is 0 Å². The number of hydrogen-bond donors (Lipinski definition) is 2. The van der Waals surface area contributed by atoms with Crippen LogP contribution >= 0.6 is 11.3 Å². The summed E-state index contributed by atoms with van der Waals surface area (Å²) in [5.74, 6) is 0.633. The molecule has 0 spiro atoms. The lowest BCUT2D eigenvalue weighted by Gasteiger charge is -1.99. The maximum absolute atomic E-state index is 11.6. The summed E-state index contributed by atoms with van der Waals surface area (Å²) in [6.45, 7) is 2.14. The Labute approximate surface area is 86.7 Å². The van der Waals surface area contributed by atoms with Crippen molar-refractivity contribution >= 4 is 22.4 Å². The smallest absolute Gasteiger partial charge is 0.263 e. The summed E-state index contributed by atoms with van der Waals surface area (Å²) in [6.07, 6.45) is 2.71. The number of carbonyl (C=O) groups is 1. The molecule has 76 valence electrons. The summed E-state index contributed by atoms with van der Waals surface area (Å²) in [6, 6.07) is 0.377. The van der Waals surface area contributed by atoms with Gasteiger partial charge in [0.15, 0.2) is 5.13 Å². The van der Waals surface area contributed by atoms with Crippen LogP contribution in [0.15, 0.2) is 6.20 Å². The van der Waals surface area contributed by atoms with Gasteiger partial charge in [-0.15, -0.1) is 0 Å². The third-order valence-corrected chi connectivity index (χ3v) is 3.38. The number of rotatable bonds is 3. The predicted octanol–water partition coefficient (Wildman–Crippen LogP) is 1.32. The summed E-state index contributed by atoms with van der Waals surface area (Å²) >= 11 is 1.38. The molecular formula is C9H13N3OS. The van der Waals surface area contributed by atoms with Gasteiger partial charge in [-0.3, -0.25) is 4.79 Å². The Morgan fingerprint density at radius 3 is 2.93 bits per heavy atom. The number of thiazole rings is 1. The van der Waals surface area contributed by atoms with Gasteiger partial charge in [0.05, 0.1) is 6.20 Å². The van der Waals surface area contributed by atoms with Crippen LogP contribution in [0.4, 0.5) is 5.13 Å². The van der Waals surface area contributed by atoms with Crippen molar-refractivity contribution in [1.82, 2.24) is 10.3 Å². The van der Waals surface area contributed by atoms with Gasteiger partial charge in [-0.25, -0.2) is 4.98 Å². The normalized spacial score (nSPS) is 24.4. The Balaban J connectivity index is 1.96. The largest absolute Gasteiger partial charge is 0.365 e. The lowest BCUT2D eigenvalue weighted by Crippen LogP contribution is -2.25. The Morgan fingerprint density at radius 2 is 2.43 bits per heavy atom. The average Bonchev–Trinajstić information content (AvgIpc) is 2.72. The standard InChI is InChI=1S/C9H13N3OS/c1-5-3-6(5)12-8(13)7-4-11-9(10-2)14-7/h4-6H,3H2,1-2H3,(H,10,11)(H,12,13). The lowest BCUT2D eigenvalue weighted by atomic mass is 10.4. The number of nitrogens with one attached hydrogen (secondary N) is 2. The van der Waals surface area contributed by atoms with Crippen LogP contribution in [0, 0.1) is 5.92 Å². The van der Waals surface area contributed by atoms with Gasteiger partial charge >= 0.3 is 0 Å². The van der Waals surface area contributed by atoms with E-state index in [-0.39, 0.29) is 5.91 Å². The van der Waals surface area contributed by atoms with Gasteiger partial charge in [-0.05, 0) is 12.3 Å². The molecule has 2 rings (SSSR count). The zero-order valence-corrected chi connectivity index (χ0v) is 9.02. The first-order valence-corrected chi connectivity index (χ1v) is 5.47. The van der Waals surface area contributed by atoms with E-state index in [1.807, 2.05) is 0 Å². The fourth-order valence-electron chi connectivity index (χ4n) is 1.26. The highest BCUT2D eigenvalue weighted by molar-refractivity contribution is 7.17. The number of aromatic nitrogens is 1. The molecule has 2 N–H and O–H groups in total. The SMILES string of the molecule is CNc1ncc(C(=O)NC2CC2C)s1.